The monoisotopic (exact) mass is 356 g/mol. The third-order valence-corrected chi connectivity index (χ3v) is 5.43. The Hall–Kier alpha value is -1.30. The van der Waals surface area contributed by atoms with Gasteiger partial charge in [-0.15, -0.1) is 0 Å². The van der Waals surface area contributed by atoms with Crippen LogP contribution in [0.4, 0.5) is 5.69 Å². The number of benzene rings is 1. The van der Waals surface area contributed by atoms with Crippen LogP contribution in [0, 0.1) is 0 Å². The first-order chi connectivity index (χ1) is 10.8. The molecule has 0 spiro atoms. The van der Waals surface area contributed by atoms with E-state index in [4.69, 9.17) is 23.2 Å². The van der Waals surface area contributed by atoms with Crippen molar-refractivity contribution in [3.05, 3.63) is 27.7 Å². The van der Waals surface area contributed by atoms with Crippen LogP contribution in [0.5, 0.6) is 0 Å². The Morgan fingerprint density at radius 2 is 2.00 bits per heavy atom. The molecule has 1 aromatic carbocycles. The number of carbonyl (C=O) groups is 2. The number of carbonyl (C=O) groups excluding carboxylic acids is 1. The van der Waals surface area contributed by atoms with E-state index in [9.17, 15) is 14.7 Å². The number of anilines is 1. The summed E-state index contributed by atoms with van der Waals surface area (Å²) in [7, 11) is 0. The van der Waals surface area contributed by atoms with Crippen LogP contribution >= 0.6 is 23.2 Å². The van der Waals surface area contributed by atoms with Gasteiger partial charge in [0.2, 0.25) is 0 Å². The van der Waals surface area contributed by atoms with E-state index < -0.39 is 11.5 Å². The van der Waals surface area contributed by atoms with Crippen molar-refractivity contribution in [1.82, 2.24) is 4.90 Å². The van der Waals surface area contributed by atoms with Crippen molar-refractivity contribution in [3.63, 3.8) is 0 Å². The van der Waals surface area contributed by atoms with E-state index in [1.54, 1.807) is 6.07 Å². The number of carboxylic acid groups (broad SMARTS) is 1. The van der Waals surface area contributed by atoms with Gasteiger partial charge in [0.25, 0.3) is 0 Å². The van der Waals surface area contributed by atoms with E-state index in [0.717, 1.165) is 25.9 Å². The lowest BCUT2D eigenvalue weighted by atomic mass is 9.79. The summed E-state index contributed by atoms with van der Waals surface area (Å²) in [4.78, 5) is 26.8. The fourth-order valence-electron chi connectivity index (χ4n) is 3.58. The van der Waals surface area contributed by atoms with E-state index >= 15 is 0 Å². The van der Waals surface area contributed by atoms with Crippen molar-refractivity contribution in [2.45, 2.75) is 37.8 Å². The molecule has 1 aromatic rings. The highest BCUT2D eigenvalue weighted by molar-refractivity contribution is 6.38. The van der Waals surface area contributed by atoms with Crippen molar-refractivity contribution < 1.29 is 14.7 Å². The molecule has 3 rings (SSSR count). The molecule has 7 heteroatoms. The van der Waals surface area contributed by atoms with Gasteiger partial charge in [-0.1, -0.05) is 23.2 Å². The van der Waals surface area contributed by atoms with Gasteiger partial charge in [0.15, 0.2) is 11.3 Å². The molecule has 2 aliphatic heterocycles. The van der Waals surface area contributed by atoms with Crippen molar-refractivity contribution in [2.24, 2.45) is 0 Å². The quantitative estimate of drug-likeness (QED) is 0.869. The van der Waals surface area contributed by atoms with Crippen LogP contribution < -0.4 is 5.32 Å². The number of likely N-dealkylation sites (tertiary alicyclic amines) is 1. The molecule has 0 bridgehead atoms. The van der Waals surface area contributed by atoms with Crippen molar-refractivity contribution in [1.29, 1.82) is 0 Å². The SMILES string of the molecule is CC(N1CCCC1)C1(C(=O)O)CC(=O)c2c(Cl)cc(Cl)cc2N1. The Labute approximate surface area is 144 Å². The average Bonchev–Trinajstić information content (AvgIpc) is 2.98. The number of hydrogen-bond donors (Lipinski definition) is 2. The molecule has 124 valence electrons. The lowest BCUT2D eigenvalue weighted by molar-refractivity contribution is -0.144. The molecular weight excluding hydrogens is 339 g/mol. The molecule has 1 fully saturated rings. The molecular formula is C16H18Cl2N2O3. The molecule has 0 aromatic heterocycles. The minimum absolute atomic E-state index is 0.131. The maximum absolute atomic E-state index is 12.6. The van der Waals surface area contributed by atoms with Gasteiger partial charge in [0.1, 0.15) is 0 Å². The second kappa shape index (κ2) is 5.96. The first kappa shape index (κ1) is 16.6. The standard InChI is InChI=1S/C16H18Cl2N2O3/c1-9(20-4-2-3-5-20)16(15(22)23)8-13(21)14-11(18)6-10(17)7-12(14)19-16/h6-7,9,19H,2-5,8H2,1H3,(H,22,23). The molecule has 2 N–H and O–H groups in total. The number of Topliss-reactive ketones (excluding diaryl/α,β-unsaturated/α-hetero) is 1. The van der Waals surface area contributed by atoms with Gasteiger partial charge in [-0.2, -0.15) is 0 Å². The van der Waals surface area contributed by atoms with Crippen LogP contribution in [0.25, 0.3) is 0 Å². The second-order valence-corrected chi connectivity index (χ2v) is 7.07. The van der Waals surface area contributed by atoms with E-state index in [2.05, 4.69) is 10.2 Å². The molecule has 0 radical (unpaired) electrons. The van der Waals surface area contributed by atoms with Crippen molar-refractivity contribution >= 4 is 40.6 Å². The van der Waals surface area contributed by atoms with Gasteiger partial charge in [-0.25, -0.2) is 4.79 Å². The molecule has 2 heterocycles. The Kier molecular flexibility index (Phi) is 4.29. The number of nitrogens with zero attached hydrogens (tertiary/aromatic N) is 1. The Morgan fingerprint density at radius 1 is 1.35 bits per heavy atom. The van der Waals surface area contributed by atoms with Crippen molar-refractivity contribution in [2.75, 3.05) is 18.4 Å². The fraction of sp³-hybridized carbons (Fsp3) is 0.500. The smallest absolute Gasteiger partial charge is 0.331 e. The largest absolute Gasteiger partial charge is 0.479 e. The van der Waals surface area contributed by atoms with Crippen LogP contribution in [0.2, 0.25) is 10.0 Å². The van der Waals surface area contributed by atoms with Gasteiger partial charge in [-0.3, -0.25) is 9.69 Å². The van der Waals surface area contributed by atoms with Gasteiger partial charge < -0.3 is 10.4 Å². The molecule has 2 aliphatic rings. The lowest BCUT2D eigenvalue weighted by Crippen LogP contribution is -2.62. The van der Waals surface area contributed by atoms with Crippen LogP contribution in [0.15, 0.2) is 12.1 Å². The van der Waals surface area contributed by atoms with Crippen molar-refractivity contribution in [3.8, 4) is 0 Å². The predicted octanol–water partition coefficient (Wildman–Crippen LogP) is 3.30. The number of aliphatic carboxylic acids is 1. The minimum Gasteiger partial charge on any atom is -0.479 e. The highest BCUT2D eigenvalue weighted by Crippen LogP contribution is 2.40. The van der Waals surface area contributed by atoms with E-state index in [1.807, 2.05) is 6.92 Å². The third-order valence-electron chi connectivity index (χ3n) is 4.91. The van der Waals surface area contributed by atoms with E-state index in [1.165, 1.54) is 6.07 Å². The number of carboxylic acids is 1. The lowest BCUT2D eigenvalue weighted by Gasteiger charge is -2.43. The van der Waals surface area contributed by atoms with Crippen LogP contribution in [-0.4, -0.2) is 46.4 Å². The molecule has 1 saturated heterocycles. The molecule has 0 aliphatic carbocycles. The number of fused-ring (bicyclic) bond motifs is 1. The number of ketones is 1. The summed E-state index contributed by atoms with van der Waals surface area (Å²) in [6.07, 6.45) is 1.96. The van der Waals surface area contributed by atoms with Gasteiger partial charge in [-0.05, 0) is 45.0 Å². The molecule has 5 nitrogen and oxygen atoms in total. The topological polar surface area (TPSA) is 69.6 Å². The summed E-state index contributed by atoms with van der Waals surface area (Å²) < 4.78 is 0. The maximum Gasteiger partial charge on any atom is 0.331 e. The van der Waals surface area contributed by atoms with Gasteiger partial charge >= 0.3 is 5.97 Å². The zero-order chi connectivity index (χ0) is 16.8. The van der Waals surface area contributed by atoms with Crippen LogP contribution in [-0.2, 0) is 4.79 Å². The number of nitrogens with one attached hydrogen (secondary N) is 1. The third kappa shape index (κ3) is 2.71. The summed E-state index contributed by atoms with van der Waals surface area (Å²) in [5, 5.41) is 13.6. The van der Waals surface area contributed by atoms with Crippen LogP contribution in [0.1, 0.15) is 36.5 Å². The van der Waals surface area contributed by atoms with E-state index in [-0.39, 0.29) is 23.3 Å². The van der Waals surface area contributed by atoms with E-state index in [0.29, 0.717) is 16.3 Å². The van der Waals surface area contributed by atoms with Gasteiger partial charge in [0, 0.05) is 23.2 Å². The molecule has 23 heavy (non-hydrogen) atoms. The highest BCUT2D eigenvalue weighted by Gasteiger charge is 2.51. The summed E-state index contributed by atoms with van der Waals surface area (Å²) in [5.74, 6) is -1.30. The summed E-state index contributed by atoms with van der Waals surface area (Å²) in [5.41, 5.74) is -0.656. The molecule has 0 amide bonds. The first-order valence-corrected chi connectivity index (χ1v) is 8.38. The Morgan fingerprint density at radius 3 is 2.61 bits per heavy atom. The Bertz CT molecular complexity index is 674. The zero-order valence-corrected chi connectivity index (χ0v) is 14.2. The summed E-state index contributed by atoms with van der Waals surface area (Å²) in [6, 6.07) is 2.74. The van der Waals surface area contributed by atoms with Gasteiger partial charge in [0.05, 0.1) is 10.6 Å². The summed E-state index contributed by atoms with van der Waals surface area (Å²) >= 11 is 12.1. The normalized spacial score (nSPS) is 25.8. The zero-order valence-electron chi connectivity index (χ0n) is 12.7. The molecule has 0 saturated carbocycles. The highest BCUT2D eigenvalue weighted by atomic mass is 35.5. The predicted molar refractivity (Wildman–Crippen MR) is 89.7 cm³/mol. The maximum atomic E-state index is 12.6. The fourth-order valence-corrected chi connectivity index (χ4v) is 4.18. The van der Waals surface area contributed by atoms with Crippen LogP contribution in [0.3, 0.4) is 0 Å². The second-order valence-electron chi connectivity index (χ2n) is 6.23. The minimum atomic E-state index is -1.37. The summed E-state index contributed by atoms with van der Waals surface area (Å²) in [6.45, 7) is 3.54. The molecule has 2 atom stereocenters. The molecule has 2 unspecified atom stereocenters. The average molecular weight is 357 g/mol. The number of rotatable bonds is 3. The Balaban J connectivity index is 2.05. The number of hydrogen-bond acceptors (Lipinski definition) is 4. The first-order valence-electron chi connectivity index (χ1n) is 7.63. The number of halogens is 2.